The predicted molar refractivity (Wildman–Crippen MR) is 49.6 cm³/mol. The third kappa shape index (κ3) is 2.13. The van der Waals surface area contributed by atoms with Crippen LogP contribution in [0.3, 0.4) is 0 Å². The Labute approximate surface area is 84.1 Å². The van der Waals surface area contributed by atoms with E-state index in [1.165, 1.54) is 6.07 Å². The molecule has 1 aromatic carbocycles. The molecule has 1 rings (SSSR count). The Morgan fingerprint density at radius 1 is 1.27 bits per heavy atom. The number of benzene rings is 1. The van der Waals surface area contributed by atoms with E-state index in [-0.39, 0.29) is 17.7 Å². The molecule has 0 aromatic heterocycles. The van der Waals surface area contributed by atoms with Crippen LogP contribution < -0.4 is 11.5 Å². The molecule has 0 saturated heterocycles. The minimum Gasteiger partial charge on any atom is -0.397 e. The molecule has 0 radical (unpaired) electrons. The summed E-state index contributed by atoms with van der Waals surface area (Å²) in [6.45, 7) is 0. The number of nitriles is 1. The molecule has 3 nitrogen and oxygen atoms in total. The van der Waals surface area contributed by atoms with E-state index in [2.05, 4.69) is 0 Å². The topological polar surface area (TPSA) is 75.8 Å². The van der Waals surface area contributed by atoms with Crippen LogP contribution in [0.25, 0.3) is 0 Å². The van der Waals surface area contributed by atoms with Gasteiger partial charge >= 0.3 is 6.18 Å². The molecular weight excluding hydrogens is 207 g/mol. The first-order valence-corrected chi connectivity index (χ1v) is 3.99. The van der Waals surface area contributed by atoms with Gasteiger partial charge in [0, 0.05) is 0 Å². The van der Waals surface area contributed by atoms with E-state index in [1.807, 2.05) is 0 Å². The van der Waals surface area contributed by atoms with Crippen LogP contribution in [0.1, 0.15) is 11.1 Å². The lowest BCUT2D eigenvalue weighted by Crippen LogP contribution is -2.14. The van der Waals surface area contributed by atoms with Crippen molar-refractivity contribution in [1.29, 1.82) is 5.26 Å². The Morgan fingerprint density at radius 2 is 1.87 bits per heavy atom. The average molecular weight is 215 g/mol. The highest BCUT2D eigenvalue weighted by molar-refractivity contribution is 5.70. The van der Waals surface area contributed by atoms with Crippen molar-refractivity contribution in [3.63, 3.8) is 0 Å². The standard InChI is InChI=1S/C9H8F3N3/c10-9(11,12)7-5(3-4-13)1-2-6(14)8(7)15/h1-2H,3,14-15H2. The summed E-state index contributed by atoms with van der Waals surface area (Å²) in [5.41, 5.74) is 8.70. The lowest BCUT2D eigenvalue weighted by Gasteiger charge is -2.15. The van der Waals surface area contributed by atoms with E-state index >= 15 is 0 Å². The van der Waals surface area contributed by atoms with Gasteiger partial charge in [-0.25, -0.2) is 0 Å². The summed E-state index contributed by atoms with van der Waals surface area (Å²) in [5.74, 6) is 0. The first-order chi connectivity index (χ1) is 6.88. The van der Waals surface area contributed by atoms with Gasteiger partial charge in [-0.2, -0.15) is 18.4 Å². The van der Waals surface area contributed by atoms with E-state index in [9.17, 15) is 13.2 Å². The fourth-order valence-corrected chi connectivity index (χ4v) is 1.25. The summed E-state index contributed by atoms with van der Waals surface area (Å²) in [6.07, 6.45) is -4.94. The molecule has 0 bridgehead atoms. The lowest BCUT2D eigenvalue weighted by molar-refractivity contribution is -0.137. The summed E-state index contributed by atoms with van der Waals surface area (Å²) >= 11 is 0. The minimum absolute atomic E-state index is 0.135. The fourth-order valence-electron chi connectivity index (χ4n) is 1.25. The van der Waals surface area contributed by atoms with Crippen molar-refractivity contribution in [2.75, 3.05) is 11.5 Å². The highest BCUT2D eigenvalue weighted by Crippen LogP contribution is 2.38. The molecule has 0 aliphatic carbocycles. The SMILES string of the molecule is N#CCc1ccc(N)c(N)c1C(F)(F)F. The number of hydrogen-bond acceptors (Lipinski definition) is 3. The van der Waals surface area contributed by atoms with E-state index in [4.69, 9.17) is 16.7 Å². The van der Waals surface area contributed by atoms with E-state index in [0.717, 1.165) is 6.07 Å². The van der Waals surface area contributed by atoms with Crippen LogP contribution in [0.2, 0.25) is 0 Å². The van der Waals surface area contributed by atoms with Crippen molar-refractivity contribution in [1.82, 2.24) is 0 Å². The Bertz CT molecular complexity index is 418. The first kappa shape index (κ1) is 11.2. The van der Waals surface area contributed by atoms with E-state index < -0.39 is 17.4 Å². The molecule has 4 N–H and O–H groups in total. The van der Waals surface area contributed by atoms with Crippen LogP contribution in [-0.4, -0.2) is 0 Å². The van der Waals surface area contributed by atoms with Gasteiger partial charge in [-0.3, -0.25) is 0 Å². The van der Waals surface area contributed by atoms with Crippen molar-refractivity contribution >= 4 is 11.4 Å². The maximum Gasteiger partial charge on any atom is 0.418 e. The van der Waals surface area contributed by atoms with Crippen molar-refractivity contribution in [3.05, 3.63) is 23.3 Å². The Morgan fingerprint density at radius 3 is 2.33 bits per heavy atom. The van der Waals surface area contributed by atoms with Gasteiger partial charge in [-0.05, 0) is 11.6 Å². The normalized spacial score (nSPS) is 11.1. The van der Waals surface area contributed by atoms with E-state index in [0.29, 0.717) is 0 Å². The molecule has 0 heterocycles. The van der Waals surface area contributed by atoms with Crippen LogP contribution in [0.5, 0.6) is 0 Å². The number of nitrogens with two attached hydrogens (primary N) is 2. The third-order valence-electron chi connectivity index (χ3n) is 1.92. The zero-order valence-electron chi connectivity index (χ0n) is 7.60. The molecule has 0 spiro atoms. The van der Waals surface area contributed by atoms with Gasteiger partial charge in [0.1, 0.15) is 0 Å². The third-order valence-corrected chi connectivity index (χ3v) is 1.92. The number of halogens is 3. The zero-order chi connectivity index (χ0) is 11.6. The predicted octanol–water partition coefficient (Wildman–Crippen LogP) is 1.94. The molecule has 0 unspecified atom stereocenters. The Hall–Kier alpha value is -1.90. The zero-order valence-corrected chi connectivity index (χ0v) is 7.60. The molecule has 0 atom stereocenters. The molecular formula is C9H8F3N3. The van der Waals surface area contributed by atoms with Gasteiger partial charge in [-0.1, -0.05) is 6.07 Å². The number of hydrogen-bond donors (Lipinski definition) is 2. The quantitative estimate of drug-likeness (QED) is 0.703. The van der Waals surface area contributed by atoms with Crippen molar-refractivity contribution in [2.24, 2.45) is 0 Å². The van der Waals surface area contributed by atoms with Crippen LogP contribution in [0.15, 0.2) is 12.1 Å². The van der Waals surface area contributed by atoms with Crippen molar-refractivity contribution < 1.29 is 13.2 Å². The minimum atomic E-state index is -4.59. The van der Waals surface area contributed by atoms with Crippen LogP contribution in [0, 0.1) is 11.3 Å². The molecule has 15 heavy (non-hydrogen) atoms. The fraction of sp³-hybridized carbons (Fsp3) is 0.222. The van der Waals surface area contributed by atoms with Gasteiger partial charge in [0.25, 0.3) is 0 Å². The summed E-state index contributed by atoms with van der Waals surface area (Å²) in [7, 11) is 0. The molecule has 0 fully saturated rings. The number of rotatable bonds is 1. The molecule has 80 valence electrons. The second-order valence-corrected chi connectivity index (χ2v) is 2.94. The Balaban J connectivity index is 3.43. The van der Waals surface area contributed by atoms with Gasteiger partial charge in [0.05, 0.1) is 29.4 Å². The smallest absolute Gasteiger partial charge is 0.397 e. The summed E-state index contributed by atoms with van der Waals surface area (Å²) in [4.78, 5) is 0. The van der Waals surface area contributed by atoms with E-state index in [1.54, 1.807) is 6.07 Å². The monoisotopic (exact) mass is 215 g/mol. The number of anilines is 2. The van der Waals surface area contributed by atoms with Gasteiger partial charge in [-0.15, -0.1) is 0 Å². The molecule has 0 aliphatic rings. The number of nitrogens with zero attached hydrogens (tertiary/aromatic N) is 1. The van der Waals surface area contributed by atoms with Crippen molar-refractivity contribution in [3.8, 4) is 6.07 Å². The summed E-state index contributed by atoms with van der Waals surface area (Å²) in [5, 5.41) is 8.38. The Kier molecular flexibility index (Phi) is 2.75. The molecule has 0 amide bonds. The van der Waals surface area contributed by atoms with Gasteiger partial charge in [0.15, 0.2) is 0 Å². The maximum absolute atomic E-state index is 12.6. The number of nitrogen functional groups attached to an aromatic ring is 2. The number of alkyl halides is 3. The largest absolute Gasteiger partial charge is 0.418 e. The van der Waals surface area contributed by atoms with Gasteiger partial charge < -0.3 is 11.5 Å². The molecule has 0 aliphatic heterocycles. The molecule has 6 heteroatoms. The average Bonchev–Trinajstić information content (AvgIpc) is 2.10. The van der Waals surface area contributed by atoms with Crippen LogP contribution in [-0.2, 0) is 12.6 Å². The second-order valence-electron chi connectivity index (χ2n) is 2.94. The first-order valence-electron chi connectivity index (χ1n) is 3.99. The van der Waals surface area contributed by atoms with Crippen molar-refractivity contribution in [2.45, 2.75) is 12.6 Å². The van der Waals surface area contributed by atoms with Crippen LogP contribution in [0.4, 0.5) is 24.5 Å². The highest BCUT2D eigenvalue weighted by Gasteiger charge is 2.36. The lowest BCUT2D eigenvalue weighted by atomic mass is 10.0. The highest BCUT2D eigenvalue weighted by atomic mass is 19.4. The second kappa shape index (κ2) is 3.69. The van der Waals surface area contributed by atoms with Crippen LogP contribution >= 0.6 is 0 Å². The summed E-state index contributed by atoms with van der Waals surface area (Å²) < 4.78 is 37.7. The molecule has 0 saturated carbocycles. The maximum atomic E-state index is 12.6. The summed E-state index contributed by atoms with van der Waals surface area (Å²) in [6, 6.07) is 4.07. The molecule has 1 aromatic rings. The van der Waals surface area contributed by atoms with Gasteiger partial charge in [0.2, 0.25) is 0 Å².